The molecule has 1 amide bonds. The highest BCUT2D eigenvalue weighted by Crippen LogP contribution is 2.66. The number of rotatable bonds is 1. The minimum atomic E-state index is -0.134. The highest BCUT2D eigenvalue weighted by atomic mass is 16.2. The SMILES string of the molecule is C=O.CC.CC1=CC2=CCC3C(CCC4(C)C3CC[C@@H]4C(=O)NC(C)(C)C)C2(C)CC1. The summed E-state index contributed by atoms with van der Waals surface area (Å²) in [7, 11) is 0. The van der Waals surface area contributed by atoms with Crippen molar-refractivity contribution < 1.29 is 9.59 Å². The van der Waals surface area contributed by atoms with Gasteiger partial charge in [-0.05, 0) is 107 Å². The third-order valence-electron chi connectivity index (χ3n) is 8.78. The van der Waals surface area contributed by atoms with Gasteiger partial charge < -0.3 is 10.1 Å². The van der Waals surface area contributed by atoms with Gasteiger partial charge in [0.05, 0.1) is 0 Å². The molecular formula is C28H47NO2. The lowest BCUT2D eigenvalue weighted by Crippen LogP contribution is -2.52. The van der Waals surface area contributed by atoms with E-state index in [-0.39, 0.29) is 16.9 Å². The summed E-state index contributed by atoms with van der Waals surface area (Å²) in [6.07, 6.45) is 13.7. The van der Waals surface area contributed by atoms with Gasteiger partial charge in [0, 0.05) is 11.5 Å². The monoisotopic (exact) mass is 429 g/mol. The van der Waals surface area contributed by atoms with E-state index in [9.17, 15) is 4.79 Å². The molecule has 3 heteroatoms. The van der Waals surface area contributed by atoms with Crippen molar-refractivity contribution in [3.05, 3.63) is 23.3 Å². The Kier molecular flexibility index (Phi) is 8.04. The number of amides is 1. The van der Waals surface area contributed by atoms with Gasteiger partial charge in [-0.2, -0.15) is 0 Å². The van der Waals surface area contributed by atoms with Gasteiger partial charge in [-0.1, -0.05) is 45.4 Å². The second kappa shape index (κ2) is 9.63. The molecule has 176 valence electrons. The predicted octanol–water partition coefficient (Wildman–Crippen LogP) is 6.88. The van der Waals surface area contributed by atoms with Gasteiger partial charge in [0.15, 0.2) is 0 Å². The van der Waals surface area contributed by atoms with Crippen molar-refractivity contribution in [1.82, 2.24) is 5.32 Å². The quantitative estimate of drug-likeness (QED) is 0.494. The van der Waals surface area contributed by atoms with E-state index in [0.717, 1.165) is 18.3 Å². The maximum atomic E-state index is 13.1. The zero-order chi connectivity index (χ0) is 23.6. The molecule has 1 N–H and O–H groups in total. The van der Waals surface area contributed by atoms with Crippen molar-refractivity contribution in [3.8, 4) is 0 Å². The Morgan fingerprint density at radius 1 is 1.06 bits per heavy atom. The Morgan fingerprint density at radius 3 is 2.32 bits per heavy atom. The van der Waals surface area contributed by atoms with Crippen LogP contribution in [0.25, 0.3) is 0 Å². The third kappa shape index (κ3) is 4.71. The molecule has 4 aliphatic carbocycles. The fraction of sp³-hybridized carbons (Fsp3) is 0.786. The van der Waals surface area contributed by atoms with Crippen LogP contribution in [0.2, 0.25) is 0 Å². The maximum absolute atomic E-state index is 13.1. The molecule has 4 aliphatic rings. The van der Waals surface area contributed by atoms with Crippen LogP contribution in [0.15, 0.2) is 23.3 Å². The van der Waals surface area contributed by atoms with E-state index in [1.807, 2.05) is 20.6 Å². The van der Waals surface area contributed by atoms with Gasteiger partial charge >= 0.3 is 0 Å². The number of allylic oxidation sites excluding steroid dienone is 4. The predicted molar refractivity (Wildman–Crippen MR) is 131 cm³/mol. The van der Waals surface area contributed by atoms with Gasteiger partial charge in [-0.15, -0.1) is 0 Å². The van der Waals surface area contributed by atoms with Crippen molar-refractivity contribution in [2.24, 2.45) is 34.5 Å². The van der Waals surface area contributed by atoms with E-state index in [1.165, 1.54) is 38.5 Å². The number of nitrogens with one attached hydrogen (secondary N) is 1. The third-order valence-corrected chi connectivity index (χ3v) is 8.78. The van der Waals surface area contributed by atoms with Gasteiger partial charge in [0.2, 0.25) is 5.91 Å². The molecule has 2 fully saturated rings. The van der Waals surface area contributed by atoms with E-state index in [2.05, 4.69) is 59.0 Å². The minimum absolute atomic E-state index is 0.134. The Balaban J connectivity index is 0.000000807. The molecule has 6 atom stereocenters. The van der Waals surface area contributed by atoms with Crippen LogP contribution < -0.4 is 5.32 Å². The summed E-state index contributed by atoms with van der Waals surface area (Å²) >= 11 is 0. The van der Waals surface area contributed by atoms with Gasteiger partial charge in [-0.25, -0.2) is 0 Å². The number of hydrogen-bond acceptors (Lipinski definition) is 2. The van der Waals surface area contributed by atoms with Crippen LogP contribution in [0.4, 0.5) is 0 Å². The highest BCUT2D eigenvalue weighted by Gasteiger charge is 2.59. The lowest BCUT2D eigenvalue weighted by atomic mass is 9.48. The van der Waals surface area contributed by atoms with E-state index < -0.39 is 0 Å². The minimum Gasteiger partial charge on any atom is -0.351 e. The van der Waals surface area contributed by atoms with Gasteiger partial charge in [0.25, 0.3) is 0 Å². The van der Waals surface area contributed by atoms with Crippen molar-refractivity contribution in [1.29, 1.82) is 0 Å². The van der Waals surface area contributed by atoms with E-state index >= 15 is 0 Å². The molecule has 31 heavy (non-hydrogen) atoms. The first-order chi connectivity index (χ1) is 14.5. The lowest BCUT2D eigenvalue weighted by Gasteiger charge is -2.57. The molecule has 0 aromatic heterocycles. The average molecular weight is 430 g/mol. The molecular weight excluding hydrogens is 382 g/mol. The zero-order valence-electron chi connectivity index (χ0n) is 21.4. The molecule has 3 nitrogen and oxygen atoms in total. The maximum Gasteiger partial charge on any atom is 0.224 e. The summed E-state index contributed by atoms with van der Waals surface area (Å²) in [4.78, 5) is 21.1. The summed E-state index contributed by atoms with van der Waals surface area (Å²) in [5.74, 6) is 2.81. The smallest absolute Gasteiger partial charge is 0.224 e. The van der Waals surface area contributed by atoms with Crippen LogP contribution in [0.1, 0.15) is 100 Å². The molecule has 0 bridgehead atoms. The Hall–Kier alpha value is -1.38. The summed E-state index contributed by atoms with van der Waals surface area (Å²) < 4.78 is 0. The summed E-state index contributed by atoms with van der Waals surface area (Å²) in [6.45, 7) is 19.6. The van der Waals surface area contributed by atoms with Crippen LogP contribution in [-0.2, 0) is 9.59 Å². The molecule has 5 unspecified atom stereocenters. The van der Waals surface area contributed by atoms with E-state index in [4.69, 9.17) is 4.79 Å². The zero-order valence-corrected chi connectivity index (χ0v) is 21.4. The van der Waals surface area contributed by atoms with Gasteiger partial charge in [0.1, 0.15) is 6.79 Å². The molecule has 0 radical (unpaired) electrons. The molecule has 0 saturated heterocycles. The van der Waals surface area contributed by atoms with E-state index in [0.29, 0.717) is 17.2 Å². The Morgan fingerprint density at radius 2 is 1.71 bits per heavy atom. The largest absolute Gasteiger partial charge is 0.351 e. The second-order valence-electron chi connectivity index (χ2n) is 11.6. The topological polar surface area (TPSA) is 46.2 Å². The van der Waals surface area contributed by atoms with Crippen LogP contribution in [0.3, 0.4) is 0 Å². The molecule has 2 saturated carbocycles. The molecule has 0 aliphatic heterocycles. The summed E-state index contributed by atoms with van der Waals surface area (Å²) in [5.41, 5.74) is 3.60. The van der Waals surface area contributed by atoms with Crippen molar-refractivity contribution in [2.75, 3.05) is 0 Å². The van der Waals surface area contributed by atoms with Crippen molar-refractivity contribution in [3.63, 3.8) is 0 Å². The van der Waals surface area contributed by atoms with Crippen molar-refractivity contribution >= 4 is 12.7 Å². The normalized spacial score (nSPS) is 38.5. The first-order valence-electron chi connectivity index (χ1n) is 12.5. The highest BCUT2D eigenvalue weighted by molar-refractivity contribution is 5.80. The van der Waals surface area contributed by atoms with Crippen LogP contribution in [0, 0.1) is 34.5 Å². The van der Waals surface area contributed by atoms with Gasteiger partial charge in [-0.3, -0.25) is 4.79 Å². The lowest BCUT2D eigenvalue weighted by molar-refractivity contribution is -0.133. The Bertz CT molecular complexity index is 715. The van der Waals surface area contributed by atoms with E-state index in [1.54, 1.807) is 11.1 Å². The van der Waals surface area contributed by atoms with Crippen LogP contribution >= 0.6 is 0 Å². The average Bonchev–Trinajstić information content (AvgIpc) is 3.08. The first-order valence-corrected chi connectivity index (χ1v) is 12.5. The number of carbonyl (C=O) groups is 2. The number of carbonyl (C=O) groups excluding carboxylic acids is 2. The van der Waals surface area contributed by atoms with Crippen LogP contribution in [0.5, 0.6) is 0 Å². The standard InChI is InChI=1S/C25H39NO.C2H6.CH2O/c1-16-11-13-24(5)17(15-16)7-8-18-19-9-10-21(22(27)26-23(2,3)4)25(19,6)14-12-20(18)24;2*1-2/h7,15,18-21H,8-14H2,1-6H3,(H,26,27);1-2H3;1H2/t18?,19?,20?,21-,24?,25?;;/m1../s1. The fourth-order valence-corrected chi connectivity index (χ4v) is 7.35. The molecule has 4 rings (SSSR count). The molecule has 0 spiro atoms. The molecule has 0 heterocycles. The summed E-state index contributed by atoms with van der Waals surface area (Å²) in [6, 6.07) is 0. The first kappa shape index (κ1) is 25.9. The second-order valence-corrected chi connectivity index (χ2v) is 11.6. The number of hydrogen-bond donors (Lipinski definition) is 1. The molecule has 0 aromatic rings. The number of fused-ring (bicyclic) bond motifs is 5. The van der Waals surface area contributed by atoms with Crippen LogP contribution in [-0.4, -0.2) is 18.2 Å². The van der Waals surface area contributed by atoms with Crippen molar-refractivity contribution in [2.45, 2.75) is 106 Å². The molecule has 0 aromatic carbocycles. The fourth-order valence-electron chi connectivity index (χ4n) is 7.35. The Labute approximate surface area is 191 Å². The summed E-state index contributed by atoms with van der Waals surface area (Å²) in [5, 5.41) is 3.29.